The quantitative estimate of drug-likeness (QED) is 0.260. The first kappa shape index (κ1) is 25.7. The summed E-state index contributed by atoms with van der Waals surface area (Å²) >= 11 is 0. The maximum atomic E-state index is 2.53. The summed E-state index contributed by atoms with van der Waals surface area (Å²) in [6.45, 7) is 11.2. The fraction of sp³-hybridized carbons (Fsp3) is 1.00. The van der Waals surface area contributed by atoms with Crippen molar-refractivity contribution in [1.29, 1.82) is 0 Å². The van der Waals surface area contributed by atoms with Gasteiger partial charge in [-0.3, -0.25) is 0 Å². The van der Waals surface area contributed by atoms with Gasteiger partial charge in [-0.15, -0.1) is 0 Å². The molecule has 0 bridgehead atoms. The van der Waals surface area contributed by atoms with Crippen molar-refractivity contribution in [2.75, 3.05) is 26.7 Å². The summed E-state index contributed by atoms with van der Waals surface area (Å²) in [6, 6.07) is 0. The number of hydrogen-bond donors (Lipinski definition) is 0. The molecule has 0 heterocycles. The molecule has 0 unspecified atom stereocenters. The van der Waals surface area contributed by atoms with Crippen LogP contribution in [0.3, 0.4) is 0 Å². The second kappa shape index (κ2) is 18.8. The summed E-state index contributed by atoms with van der Waals surface area (Å²) in [4.78, 5) is 0. The van der Waals surface area contributed by atoms with Crippen LogP contribution in [0.2, 0.25) is 0 Å². The van der Waals surface area contributed by atoms with E-state index in [0.29, 0.717) is 0 Å². The second-order valence-electron chi connectivity index (χ2n) is 7.68. The van der Waals surface area contributed by atoms with Crippen LogP contribution in [0.15, 0.2) is 0 Å². The molecular weight excluding hydrogens is 346 g/mol. The van der Waals surface area contributed by atoms with Crippen LogP contribution in [0, 0.1) is 0 Å². The van der Waals surface area contributed by atoms with Gasteiger partial charge in [-0.1, -0.05) is 72.1 Å². The van der Waals surface area contributed by atoms with Gasteiger partial charge in [0.15, 0.2) is 0 Å². The Morgan fingerprint density at radius 1 is 0.435 bits per heavy atom. The van der Waals surface area contributed by atoms with E-state index in [1.54, 1.807) is 0 Å². The zero-order chi connectivity index (χ0) is 16.5. The van der Waals surface area contributed by atoms with Crippen LogP contribution in [-0.4, -0.2) is 31.2 Å². The lowest BCUT2D eigenvalue weighted by atomic mass is 10.1. The highest BCUT2D eigenvalue weighted by molar-refractivity contribution is 4.49. The van der Waals surface area contributed by atoms with E-state index in [4.69, 9.17) is 0 Å². The molecular formula is C21H46BrN. The van der Waals surface area contributed by atoms with Crippen molar-refractivity contribution in [3.63, 3.8) is 0 Å². The monoisotopic (exact) mass is 391 g/mol. The molecule has 0 spiro atoms. The molecule has 0 fully saturated rings. The summed E-state index contributed by atoms with van der Waals surface area (Å²) in [7, 11) is 2.53. The third kappa shape index (κ3) is 17.1. The third-order valence-corrected chi connectivity index (χ3v) is 5.15. The van der Waals surface area contributed by atoms with E-state index < -0.39 is 0 Å². The predicted octanol–water partition coefficient (Wildman–Crippen LogP) is 3.96. The van der Waals surface area contributed by atoms with Crippen molar-refractivity contribution in [3.05, 3.63) is 0 Å². The summed E-state index contributed by atoms with van der Waals surface area (Å²) < 4.78 is 1.35. The Hall–Kier alpha value is 0.440. The zero-order valence-electron chi connectivity index (χ0n) is 16.8. The Morgan fingerprint density at radius 3 is 1.04 bits per heavy atom. The fourth-order valence-electron chi connectivity index (χ4n) is 3.45. The molecule has 0 aliphatic rings. The van der Waals surface area contributed by atoms with Gasteiger partial charge in [0.25, 0.3) is 0 Å². The lowest BCUT2D eigenvalue weighted by Crippen LogP contribution is -3.00. The molecule has 0 atom stereocenters. The molecule has 0 aromatic heterocycles. The van der Waals surface area contributed by atoms with Crippen LogP contribution < -0.4 is 17.0 Å². The SMILES string of the molecule is CCCCCCCC[N+](C)(CCCCCC)CCCCCC.[Br-]. The van der Waals surface area contributed by atoms with E-state index in [2.05, 4.69) is 27.8 Å². The van der Waals surface area contributed by atoms with E-state index in [1.807, 2.05) is 0 Å². The lowest BCUT2D eigenvalue weighted by molar-refractivity contribution is -0.910. The van der Waals surface area contributed by atoms with Crippen LogP contribution in [-0.2, 0) is 0 Å². The fourth-order valence-corrected chi connectivity index (χ4v) is 3.45. The minimum Gasteiger partial charge on any atom is -1.00 e. The lowest BCUT2D eigenvalue weighted by Gasteiger charge is -2.35. The van der Waals surface area contributed by atoms with E-state index in [0.717, 1.165) is 0 Å². The smallest absolute Gasteiger partial charge is 0.0784 e. The molecule has 0 aliphatic carbocycles. The van der Waals surface area contributed by atoms with Gasteiger partial charge in [-0.05, 0) is 38.5 Å². The molecule has 0 saturated heterocycles. The number of rotatable bonds is 17. The van der Waals surface area contributed by atoms with Gasteiger partial charge >= 0.3 is 0 Å². The van der Waals surface area contributed by atoms with Gasteiger partial charge in [0.2, 0.25) is 0 Å². The number of quaternary nitrogens is 1. The average molecular weight is 393 g/mol. The van der Waals surface area contributed by atoms with Crippen molar-refractivity contribution in [2.45, 2.75) is 111 Å². The van der Waals surface area contributed by atoms with Crippen molar-refractivity contribution in [1.82, 2.24) is 0 Å². The molecule has 0 rings (SSSR count). The highest BCUT2D eigenvalue weighted by atomic mass is 79.9. The highest BCUT2D eigenvalue weighted by Gasteiger charge is 2.19. The molecule has 0 aliphatic heterocycles. The summed E-state index contributed by atoms with van der Waals surface area (Å²) in [5.74, 6) is 0. The first-order chi connectivity index (χ1) is 10.7. The van der Waals surface area contributed by atoms with Crippen molar-refractivity contribution in [2.24, 2.45) is 0 Å². The van der Waals surface area contributed by atoms with E-state index in [1.165, 1.54) is 114 Å². The Morgan fingerprint density at radius 2 is 0.696 bits per heavy atom. The third-order valence-electron chi connectivity index (χ3n) is 5.15. The topological polar surface area (TPSA) is 0 Å². The first-order valence-corrected chi connectivity index (χ1v) is 10.5. The predicted molar refractivity (Wildman–Crippen MR) is 102 cm³/mol. The van der Waals surface area contributed by atoms with Crippen molar-refractivity contribution < 1.29 is 21.5 Å². The summed E-state index contributed by atoms with van der Waals surface area (Å²) in [5.41, 5.74) is 0. The van der Waals surface area contributed by atoms with E-state index in [-0.39, 0.29) is 17.0 Å². The molecule has 0 saturated carbocycles. The van der Waals surface area contributed by atoms with Crippen LogP contribution >= 0.6 is 0 Å². The van der Waals surface area contributed by atoms with Crippen LogP contribution in [0.1, 0.15) is 111 Å². The first-order valence-electron chi connectivity index (χ1n) is 10.5. The van der Waals surface area contributed by atoms with Gasteiger partial charge in [0.05, 0.1) is 26.7 Å². The highest BCUT2D eigenvalue weighted by Crippen LogP contribution is 2.15. The van der Waals surface area contributed by atoms with E-state index >= 15 is 0 Å². The zero-order valence-corrected chi connectivity index (χ0v) is 18.4. The molecule has 1 nitrogen and oxygen atoms in total. The Balaban J connectivity index is 0. The number of nitrogens with zero attached hydrogens (tertiary/aromatic N) is 1. The molecule has 0 amide bonds. The van der Waals surface area contributed by atoms with Gasteiger partial charge in [-0.2, -0.15) is 0 Å². The molecule has 142 valence electrons. The van der Waals surface area contributed by atoms with Crippen LogP contribution in [0.25, 0.3) is 0 Å². The van der Waals surface area contributed by atoms with Gasteiger partial charge in [0.1, 0.15) is 0 Å². The molecule has 23 heavy (non-hydrogen) atoms. The van der Waals surface area contributed by atoms with Gasteiger partial charge in [0, 0.05) is 0 Å². The average Bonchev–Trinajstić information content (AvgIpc) is 2.52. The Bertz CT molecular complexity index is 206. The standard InChI is InChI=1S/C21H46N.BrH/c1-5-8-11-14-15-18-21-22(4,19-16-12-9-6-2)20-17-13-10-7-3;/h5-21H2,1-4H3;1H/q+1;/p-1. The minimum absolute atomic E-state index is 0. The molecule has 0 N–H and O–H groups in total. The number of hydrogen-bond acceptors (Lipinski definition) is 0. The molecule has 0 aromatic carbocycles. The second-order valence-corrected chi connectivity index (χ2v) is 7.68. The molecule has 2 heteroatoms. The summed E-state index contributed by atoms with van der Waals surface area (Å²) in [6.07, 6.45) is 19.9. The molecule has 0 radical (unpaired) electrons. The van der Waals surface area contributed by atoms with Gasteiger partial charge < -0.3 is 21.5 Å². The van der Waals surface area contributed by atoms with Crippen LogP contribution in [0.4, 0.5) is 0 Å². The minimum atomic E-state index is 0. The van der Waals surface area contributed by atoms with Crippen molar-refractivity contribution >= 4 is 0 Å². The Labute approximate surface area is 159 Å². The van der Waals surface area contributed by atoms with Crippen LogP contribution in [0.5, 0.6) is 0 Å². The number of unbranched alkanes of at least 4 members (excludes halogenated alkanes) is 11. The maximum Gasteiger partial charge on any atom is 0.0784 e. The maximum absolute atomic E-state index is 2.53. The summed E-state index contributed by atoms with van der Waals surface area (Å²) in [5, 5.41) is 0. The largest absolute Gasteiger partial charge is 1.00 e. The van der Waals surface area contributed by atoms with E-state index in [9.17, 15) is 0 Å². The van der Waals surface area contributed by atoms with Crippen molar-refractivity contribution in [3.8, 4) is 0 Å². The molecule has 0 aromatic rings. The number of halogens is 1. The normalized spacial score (nSPS) is 11.5. The Kier molecular flexibility index (Phi) is 21.0. The van der Waals surface area contributed by atoms with Gasteiger partial charge in [-0.25, -0.2) is 0 Å².